The van der Waals surface area contributed by atoms with Crippen molar-refractivity contribution >= 4 is 28.4 Å². The van der Waals surface area contributed by atoms with E-state index in [0.717, 1.165) is 34.5 Å². The van der Waals surface area contributed by atoms with E-state index in [9.17, 15) is 14.4 Å². The Bertz CT molecular complexity index is 1470. The third-order valence-corrected chi connectivity index (χ3v) is 5.94. The second-order valence-electron chi connectivity index (χ2n) is 8.19. The van der Waals surface area contributed by atoms with Crippen LogP contribution in [0, 0.1) is 6.92 Å². The molecule has 9 heteroatoms. The Kier molecular flexibility index (Phi) is 7.05. The van der Waals surface area contributed by atoms with Gasteiger partial charge >= 0.3 is 5.69 Å². The Balaban J connectivity index is 1.67. The summed E-state index contributed by atoms with van der Waals surface area (Å²) in [4.78, 5) is 49.9. The van der Waals surface area contributed by atoms with Crippen molar-refractivity contribution in [3.05, 3.63) is 92.9 Å². The summed E-state index contributed by atoms with van der Waals surface area (Å²) in [5.74, 6) is -0.400. The van der Waals surface area contributed by atoms with Crippen LogP contribution in [0.15, 0.2) is 70.5 Å². The highest BCUT2D eigenvalue weighted by molar-refractivity contribution is 5.92. The molecule has 1 N–H and O–H groups in total. The largest absolute Gasteiger partial charge is 0.372 e. The van der Waals surface area contributed by atoms with E-state index in [2.05, 4.69) is 34.0 Å². The second-order valence-corrected chi connectivity index (χ2v) is 8.19. The molecule has 2 heterocycles. The van der Waals surface area contributed by atoms with Gasteiger partial charge < -0.3 is 10.2 Å². The van der Waals surface area contributed by atoms with Gasteiger partial charge in [0.1, 0.15) is 6.54 Å². The van der Waals surface area contributed by atoms with Crippen molar-refractivity contribution in [1.82, 2.24) is 19.1 Å². The molecule has 0 radical (unpaired) electrons. The molecular weight excluding hydrogens is 444 g/mol. The monoisotopic (exact) mass is 472 g/mol. The van der Waals surface area contributed by atoms with Gasteiger partial charge in [-0.15, -0.1) is 0 Å². The van der Waals surface area contributed by atoms with Gasteiger partial charge in [0, 0.05) is 36.9 Å². The standard InChI is InChI=1S/C26H28N6O3/c1-4-30(5-2)20-11-12-21(18(3)15-20)29-22(33)17-31-24-23(27-13-14-28-24)25(34)32(26(31)35)16-19-9-7-6-8-10-19/h6-15H,4-5,16-17H2,1-3H3,(H,29,33). The number of aryl methyl sites for hydroxylation is 1. The van der Waals surface area contributed by atoms with Crippen LogP contribution in [0.3, 0.4) is 0 Å². The minimum absolute atomic E-state index is 0.0376. The van der Waals surface area contributed by atoms with Gasteiger partial charge in [0.25, 0.3) is 5.56 Å². The van der Waals surface area contributed by atoms with E-state index in [0.29, 0.717) is 5.69 Å². The molecule has 0 fully saturated rings. The number of hydrogen-bond donors (Lipinski definition) is 1. The lowest BCUT2D eigenvalue weighted by Crippen LogP contribution is -2.42. The Morgan fingerprint density at radius 1 is 0.971 bits per heavy atom. The molecule has 0 aliphatic carbocycles. The Hall–Kier alpha value is -4.27. The molecule has 0 aliphatic heterocycles. The Morgan fingerprint density at radius 3 is 2.37 bits per heavy atom. The van der Waals surface area contributed by atoms with Crippen molar-refractivity contribution in [2.24, 2.45) is 0 Å². The quantitative estimate of drug-likeness (QED) is 0.423. The topological polar surface area (TPSA) is 102 Å². The van der Waals surface area contributed by atoms with E-state index in [1.165, 1.54) is 17.0 Å². The van der Waals surface area contributed by atoms with Gasteiger partial charge in [-0.1, -0.05) is 30.3 Å². The van der Waals surface area contributed by atoms with Crippen molar-refractivity contribution in [3.63, 3.8) is 0 Å². The van der Waals surface area contributed by atoms with Crippen LogP contribution in [0.1, 0.15) is 25.0 Å². The lowest BCUT2D eigenvalue weighted by atomic mass is 10.1. The molecule has 180 valence electrons. The molecule has 0 atom stereocenters. The van der Waals surface area contributed by atoms with Gasteiger partial charge in [-0.3, -0.25) is 18.7 Å². The van der Waals surface area contributed by atoms with Crippen molar-refractivity contribution < 1.29 is 4.79 Å². The van der Waals surface area contributed by atoms with Crippen molar-refractivity contribution in [2.75, 3.05) is 23.3 Å². The van der Waals surface area contributed by atoms with E-state index in [1.807, 2.05) is 55.5 Å². The SMILES string of the molecule is CCN(CC)c1ccc(NC(=O)Cn2c(=O)n(Cc3ccccc3)c(=O)c3nccnc32)c(C)c1. The number of carbonyl (C=O) groups excluding carboxylic acids is 1. The lowest BCUT2D eigenvalue weighted by Gasteiger charge is -2.22. The van der Waals surface area contributed by atoms with Gasteiger partial charge in [-0.2, -0.15) is 0 Å². The summed E-state index contributed by atoms with van der Waals surface area (Å²) in [6.07, 6.45) is 2.79. The highest BCUT2D eigenvalue weighted by Gasteiger charge is 2.18. The summed E-state index contributed by atoms with van der Waals surface area (Å²) in [6, 6.07) is 15.0. The fraction of sp³-hybridized carbons (Fsp3) is 0.269. The zero-order chi connectivity index (χ0) is 24.9. The highest BCUT2D eigenvalue weighted by atomic mass is 16.2. The number of fused-ring (bicyclic) bond motifs is 1. The van der Waals surface area contributed by atoms with Crippen molar-refractivity contribution in [1.29, 1.82) is 0 Å². The van der Waals surface area contributed by atoms with E-state index < -0.39 is 17.2 Å². The number of benzene rings is 2. The first-order valence-corrected chi connectivity index (χ1v) is 11.6. The first kappa shape index (κ1) is 23.9. The Morgan fingerprint density at radius 2 is 1.69 bits per heavy atom. The lowest BCUT2D eigenvalue weighted by molar-refractivity contribution is -0.116. The smallest absolute Gasteiger partial charge is 0.333 e. The molecule has 0 spiro atoms. The summed E-state index contributed by atoms with van der Waals surface area (Å²) >= 11 is 0. The molecular formula is C26H28N6O3. The van der Waals surface area contributed by atoms with Crippen LogP contribution < -0.4 is 21.5 Å². The first-order valence-electron chi connectivity index (χ1n) is 11.6. The van der Waals surface area contributed by atoms with E-state index in [4.69, 9.17) is 0 Å². The fourth-order valence-corrected chi connectivity index (χ4v) is 4.08. The summed E-state index contributed by atoms with van der Waals surface area (Å²) in [5.41, 5.74) is 2.40. The first-order chi connectivity index (χ1) is 16.9. The average Bonchev–Trinajstić information content (AvgIpc) is 2.87. The molecule has 2 aromatic carbocycles. The van der Waals surface area contributed by atoms with Crippen molar-refractivity contribution in [2.45, 2.75) is 33.9 Å². The third-order valence-electron chi connectivity index (χ3n) is 5.94. The number of nitrogens with one attached hydrogen (secondary N) is 1. The molecule has 0 saturated carbocycles. The number of aromatic nitrogens is 4. The minimum atomic E-state index is -0.615. The molecule has 9 nitrogen and oxygen atoms in total. The maximum absolute atomic E-state index is 13.3. The van der Waals surface area contributed by atoms with Crippen LogP contribution in [0.2, 0.25) is 0 Å². The average molecular weight is 473 g/mol. The number of carbonyl (C=O) groups is 1. The molecule has 0 saturated heterocycles. The predicted molar refractivity (Wildman–Crippen MR) is 137 cm³/mol. The fourth-order valence-electron chi connectivity index (χ4n) is 4.08. The molecule has 1 amide bonds. The number of anilines is 2. The van der Waals surface area contributed by atoms with Crippen LogP contribution in [-0.4, -0.2) is 38.1 Å². The molecule has 2 aromatic heterocycles. The van der Waals surface area contributed by atoms with Gasteiger partial charge in [-0.05, 0) is 50.1 Å². The normalized spacial score (nSPS) is 10.9. The van der Waals surface area contributed by atoms with Crippen LogP contribution in [-0.2, 0) is 17.9 Å². The van der Waals surface area contributed by atoms with Crippen LogP contribution >= 0.6 is 0 Å². The van der Waals surface area contributed by atoms with Gasteiger partial charge in [0.15, 0.2) is 11.2 Å². The maximum atomic E-state index is 13.3. The highest BCUT2D eigenvalue weighted by Crippen LogP contribution is 2.22. The van der Waals surface area contributed by atoms with Gasteiger partial charge in [0.2, 0.25) is 5.91 Å². The molecule has 0 bridgehead atoms. The molecule has 35 heavy (non-hydrogen) atoms. The number of rotatable bonds is 8. The van der Waals surface area contributed by atoms with Crippen LogP contribution in [0.5, 0.6) is 0 Å². The third kappa shape index (κ3) is 4.98. The zero-order valence-electron chi connectivity index (χ0n) is 20.1. The predicted octanol–water partition coefficient (Wildman–Crippen LogP) is 2.79. The maximum Gasteiger partial charge on any atom is 0.333 e. The van der Waals surface area contributed by atoms with E-state index in [1.54, 1.807) is 0 Å². The molecule has 4 aromatic rings. The second kappa shape index (κ2) is 10.3. The number of amides is 1. The Labute approximate surface area is 202 Å². The summed E-state index contributed by atoms with van der Waals surface area (Å²) in [6.45, 7) is 7.65. The molecule has 4 rings (SSSR count). The minimum Gasteiger partial charge on any atom is -0.372 e. The summed E-state index contributed by atoms with van der Waals surface area (Å²) in [7, 11) is 0. The summed E-state index contributed by atoms with van der Waals surface area (Å²) < 4.78 is 2.28. The van der Waals surface area contributed by atoms with Gasteiger partial charge in [0.05, 0.1) is 6.54 Å². The number of nitrogens with zero attached hydrogens (tertiary/aromatic N) is 5. The van der Waals surface area contributed by atoms with E-state index in [-0.39, 0.29) is 24.3 Å². The van der Waals surface area contributed by atoms with Gasteiger partial charge in [-0.25, -0.2) is 14.8 Å². The van der Waals surface area contributed by atoms with E-state index >= 15 is 0 Å². The van der Waals surface area contributed by atoms with Crippen LogP contribution in [0.4, 0.5) is 11.4 Å². The van der Waals surface area contributed by atoms with Crippen molar-refractivity contribution in [3.8, 4) is 0 Å². The van der Waals surface area contributed by atoms with Crippen LogP contribution in [0.25, 0.3) is 11.2 Å². The molecule has 0 unspecified atom stereocenters. The summed E-state index contributed by atoms with van der Waals surface area (Å²) in [5, 5.41) is 2.88. The molecule has 0 aliphatic rings. The number of hydrogen-bond acceptors (Lipinski definition) is 6. The zero-order valence-corrected chi connectivity index (χ0v) is 20.1.